The average Bonchev–Trinajstić information content (AvgIpc) is 3.09. The zero-order chi connectivity index (χ0) is 29.0. The van der Waals surface area contributed by atoms with Gasteiger partial charge in [-0.2, -0.15) is 0 Å². The number of carbonyl (C=O) groups is 2. The molecule has 2 aliphatic rings. The summed E-state index contributed by atoms with van der Waals surface area (Å²) in [4.78, 5) is 27.1. The minimum Gasteiger partial charge on any atom is -0.405 e. The summed E-state index contributed by atoms with van der Waals surface area (Å²) < 4.78 is 64.8. The summed E-state index contributed by atoms with van der Waals surface area (Å²) >= 11 is 0. The van der Waals surface area contributed by atoms with Crippen LogP contribution in [0.5, 0.6) is 0 Å². The molecular formula is C31H29F2NO6S. The van der Waals surface area contributed by atoms with E-state index in [0.717, 1.165) is 23.3 Å². The van der Waals surface area contributed by atoms with Crippen molar-refractivity contribution >= 4 is 21.8 Å². The van der Waals surface area contributed by atoms with Gasteiger partial charge in [0, 0.05) is 37.6 Å². The summed E-state index contributed by atoms with van der Waals surface area (Å²) in [7, 11) is -3.55. The van der Waals surface area contributed by atoms with E-state index >= 15 is 0 Å². The van der Waals surface area contributed by atoms with Crippen molar-refractivity contribution in [2.24, 2.45) is 5.92 Å². The summed E-state index contributed by atoms with van der Waals surface area (Å²) in [6, 6.07) is 20.1. The molecule has 3 aromatic carbocycles. The Kier molecular flexibility index (Phi) is 8.32. The van der Waals surface area contributed by atoms with Crippen molar-refractivity contribution in [1.29, 1.82) is 0 Å². The zero-order valence-electron chi connectivity index (χ0n) is 22.1. The number of halogens is 2. The van der Waals surface area contributed by atoms with Crippen molar-refractivity contribution in [1.82, 2.24) is 4.90 Å². The van der Waals surface area contributed by atoms with Gasteiger partial charge in [-0.25, -0.2) is 31.7 Å². The topological polar surface area (TPSA) is 90.0 Å². The van der Waals surface area contributed by atoms with E-state index in [4.69, 9.17) is 9.47 Å². The molecule has 1 spiro atoms. The lowest BCUT2D eigenvalue weighted by Crippen LogP contribution is -2.59. The molecule has 0 amide bonds. The highest BCUT2D eigenvalue weighted by atomic mass is 32.2. The number of esters is 2. The fourth-order valence-electron chi connectivity index (χ4n) is 5.64. The summed E-state index contributed by atoms with van der Waals surface area (Å²) in [5.74, 6) is -4.90. The Bertz CT molecular complexity index is 1460. The number of piperidine rings is 1. The molecule has 1 atom stereocenters. The van der Waals surface area contributed by atoms with E-state index in [9.17, 15) is 26.8 Å². The van der Waals surface area contributed by atoms with Crippen LogP contribution in [0.4, 0.5) is 8.78 Å². The Morgan fingerprint density at radius 2 is 1.37 bits per heavy atom. The van der Waals surface area contributed by atoms with Crippen LogP contribution < -0.4 is 0 Å². The highest BCUT2D eigenvalue weighted by molar-refractivity contribution is 7.91. The molecule has 5 rings (SSSR count). The second-order valence-corrected chi connectivity index (χ2v) is 12.3. The second-order valence-electron chi connectivity index (χ2n) is 10.2. The first-order valence-corrected chi connectivity index (χ1v) is 15.0. The highest BCUT2D eigenvalue weighted by Crippen LogP contribution is 2.45. The highest BCUT2D eigenvalue weighted by Gasteiger charge is 2.51. The van der Waals surface area contributed by atoms with Crippen molar-refractivity contribution in [3.8, 4) is 0 Å². The van der Waals surface area contributed by atoms with E-state index in [1.807, 2.05) is 0 Å². The molecule has 7 nitrogen and oxygen atoms in total. The minimum atomic E-state index is -3.55. The van der Waals surface area contributed by atoms with E-state index in [2.05, 4.69) is 0 Å². The van der Waals surface area contributed by atoms with Gasteiger partial charge < -0.3 is 9.47 Å². The average molecular weight is 582 g/mol. The first kappa shape index (κ1) is 28.6. The van der Waals surface area contributed by atoms with Gasteiger partial charge in [0.25, 0.3) is 0 Å². The number of benzene rings is 3. The van der Waals surface area contributed by atoms with E-state index in [1.165, 1.54) is 36.4 Å². The van der Waals surface area contributed by atoms with Crippen molar-refractivity contribution in [2.75, 3.05) is 18.8 Å². The van der Waals surface area contributed by atoms with Crippen molar-refractivity contribution in [2.45, 2.75) is 36.0 Å². The van der Waals surface area contributed by atoms with Crippen molar-refractivity contribution < 1.29 is 36.3 Å². The lowest BCUT2D eigenvalue weighted by atomic mass is 9.75. The maximum atomic E-state index is 13.8. The van der Waals surface area contributed by atoms with Crippen LogP contribution in [0.2, 0.25) is 0 Å². The largest absolute Gasteiger partial charge is 0.405 e. The van der Waals surface area contributed by atoms with Gasteiger partial charge in [0.05, 0.1) is 10.6 Å². The molecule has 3 aromatic rings. The Morgan fingerprint density at radius 1 is 0.829 bits per heavy atom. The van der Waals surface area contributed by atoms with E-state index in [1.54, 1.807) is 47.4 Å². The Labute approximate surface area is 237 Å². The second kappa shape index (κ2) is 11.9. The molecule has 1 unspecified atom stereocenters. The van der Waals surface area contributed by atoms with Gasteiger partial charge >= 0.3 is 17.8 Å². The molecule has 0 aliphatic carbocycles. The molecule has 0 saturated carbocycles. The summed E-state index contributed by atoms with van der Waals surface area (Å²) in [6.45, 7) is 0.493. The third-order valence-corrected chi connectivity index (χ3v) is 9.34. The predicted molar refractivity (Wildman–Crippen MR) is 146 cm³/mol. The molecule has 41 heavy (non-hydrogen) atoms. The first-order chi connectivity index (χ1) is 19.6. The van der Waals surface area contributed by atoms with Gasteiger partial charge in [-0.1, -0.05) is 42.5 Å². The van der Waals surface area contributed by atoms with E-state index in [0.29, 0.717) is 13.0 Å². The number of ether oxygens (including phenoxy) is 2. The van der Waals surface area contributed by atoms with Gasteiger partial charge in [-0.3, -0.25) is 0 Å². The molecule has 0 N–H and O–H groups in total. The molecule has 1 fully saturated rings. The number of carbonyl (C=O) groups excluding carboxylic acids is 2. The zero-order valence-corrected chi connectivity index (χ0v) is 22.9. The number of hydrogen-bond donors (Lipinski definition) is 0. The van der Waals surface area contributed by atoms with E-state index in [-0.39, 0.29) is 41.9 Å². The Morgan fingerprint density at radius 3 is 1.90 bits per heavy atom. The van der Waals surface area contributed by atoms with E-state index < -0.39 is 39.3 Å². The van der Waals surface area contributed by atoms with Gasteiger partial charge in [0.1, 0.15) is 11.6 Å². The molecule has 0 bridgehead atoms. The number of rotatable bonds is 8. The lowest BCUT2D eigenvalue weighted by molar-refractivity contribution is -0.300. The number of hydrogen-bond acceptors (Lipinski definition) is 7. The Balaban J connectivity index is 1.44. The van der Waals surface area contributed by atoms with Crippen LogP contribution in [0.1, 0.15) is 36.3 Å². The van der Waals surface area contributed by atoms with Gasteiger partial charge in [0.2, 0.25) is 0 Å². The third-order valence-electron chi connectivity index (χ3n) is 7.52. The smallest absolute Gasteiger partial charge is 0.335 e. The summed E-state index contributed by atoms with van der Waals surface area (Å²) in [5.41, 5.74) is 1.54. The van der Waals surface area contributed by atoms with Gasteiger partial charge in [0.15, 0.2) is 9.84 Å². The van der Waals surface area contributed by atoms with Crippen LogP contribution in [0.25, 0.3) is 0 Å². The molecule has 1 saturated heterocycles. The number of nitrogens with zero attached hydrogens (tertiary/aromatic N) is 1. The monoisotopic (exact) mass is 581 g/mol. The van der Waals surface area contributed by atoms with Crippen LogP contribution in [-0.2, 0) is 28.9 Å². The fraction of sp³-hybridized carbons (Fsp3) is 0.290. The van der Waals surface area contributed by atoms with Gasteiger partial charge in [-0.05, 0) is 66.3 Å². The summed E-state index contributed by atoms with van der Waals surface area (Å²) in [6.07, 6.45) is 2.81. The molecule has 0 aromatic heterocycles. The van der Waals surface area contributed by atoms with Crippen molar-refractivity contribution in [3.63, 3.8) is 0 Å². The Hall–Kier alpha value is -3.89. The van der Waals surface area contributed by atoms with Crippen LogP contribution in [0.3, 0.4) is 0 Å². The van der Waals surface area contributed by atoms with Crippen molar-refractivity contribution in [3.05, 3.63) is 114 Å². The van der Waals surface area contributed by atoms with Crippen LogP contribution in [0, 0.1) is 17.6 Å². The standard InChI is InChI=1S/C31H29F2NO6S/c32-25-11-7-22(8-12-25)30(23-9-13-26(33)14-10-23)24-17-19-34(31(21-24)39-28(35)15-16-29(36)40-31)18-4-20-41(37,38)27-5-2-1-3-6-27/h1-3,5-16,24,30H,4,17-21H2. The SMILES string of the molecule is O=C1C=CC(=O)OC2(CC(C(c3ccc(F)cc3)c3ccc(F)cc3)CCN2CCCS(=O)(=O)c2ccccc2)O1. The molecule has 2 aliphatic heterocycles. The fourth-order valence-corrected chi connectivity index (χ4v) is 6.96. The lowest BCUT2D eigenvalue weighted by Gasteiger charge is -2.48. The number of sulfone groups is 1. The van der Waals surface area contributed by atoms with Crippen LogP contribution in [0.15, 0.2) is 95.9 Å². The molecule has 0 radical (unpaired) electrons. The third kappa shape index (κ3) is 6.55. The van der Waals surface area contributed by atoms with Gasteiger partial charge in [-0.15, -0.1) is 0 Å². The molecular weight excluding hydrogens is 552 g/mol. The normalized spacial score (nSPS) is 19.1. The quantitative estimate of drug-likeness (QED) is 0.347. The maximum absolute atomic E-state index is 13.8. The molecule has 10 heteroatoms. The first-order valence-electron chi connectivity index (χ1n) is 13.3. The maximum Gasteiger partial charge on any atom is 0.335 e. The minimum absolute atomic E-state index is 0.0665. The predicted octanol–water partition coefficient (Wildman–Crippen LogP) is 4.98. The van der Waals surface area contributed by atoms with Crippen LogP contribution >= 0.6 is 0 Å². The van der Waals surface area contributed by atoms with Crippen LogP contribution in [-0.4, -0.2) is 50.0 Å². The summed E-state index contributed by atoms with van der Waals surface area (Å²) in [5, 5.41) is 0. The molecule has 2 heterocycles. The number of likely N-dealkylation sites (tertiary alicyclic amines) is 1. The molecule has 214 valence electrons.